The minimum absolute atomic E-state index is 0.220. The van der Waals surface area contributed by atoms with E-state index in [2.05, 4.69) is 0 Å². The molecule has 0 N–H and O–H groups in total. The third-order valence-electron chi connectivity index (χ3n) is 5.75. The van der Waals surface area contributed by atoms with E-state index in [0.29, 0.717) is 18.3 Å². The number of halogens is 1. The monoisotopic (exact) mass is 320 g/mol. The van der Waals surface area contributed by atoms with E-state index in [4.69, 9.17) is 14.2 Å². The zero-order chi connectivity index (χ0) is 15.7. The van der Waals surface area contributed by atoms with Crippen LogP contribution in [0.1, 0.15) is 56.4 Å². The molecule has 4 rings (SSSR count). The Bertz CT molecular complexity index is 544. The summed E-state index contributed by atoms with van der Waals surface area (Å²) in [6, 6.07) is 5.32. The minimum Gasteiger partial charge on any atom is -0.490 e. The Morgan fingerprint density at radius 3 is 2.57 bits per heavy atom. The summed E-state index contributed by atoms with van der Waals surface area (Å²) in [6.07, 6.45) is 7.74. The fourth-order valence-corrected chi connectivity index (χ4v) is 4.39. The largest absolute Gasteiger partial charge is 0.490 e. The molecule has 2 heterocycles. The second-order valence-electron chi connectivity index (χ2n) is 7.12. The van der Waals surface area contributed by atoms with Crippen molar-refractivity contribution in [1.82, 2.24) is 0 Å². The standard InChI is InChI=1S/C19H25FO3/c20-17-3-1-2-16-15(8-11-21-18(16)17)5-4-14-6-9-19(10-7-14)22-12-13-23-19/h1-3,14-15H,4-13H2. The summed E-state index contributed by atoms with van der Waals surface area (Å²) in [6.45, 7) is 2.12. The van der Waals surface area contributed by atoms with Crippen LogP contribution < -0.4 is 4.74 Å². The SMILES string of the molecule is Fc1cccc2c1OCCC2CCC1CCC2(CC1)OCCO2. The zero-order valence-corrected chi connectivity index (χ0v) is 13.6. The highest BCUT2D eigenvalue weighted by Gasteiger charge is 2.40. The van der Waals surface area contributed by atoms with Crippen LogP contribution in [0.3, 0.4) is 0 Å². The molecule has 0 amide bonds. The van der Waals surface area contributed by atoms with Crippen LogP contribution in [-0.2, 0) is 9.47 Å². The van der Waals surface area contributed by atoms with Crippen molar-refractivity contribution in [3.8, 4) is 5.75 Å². The highest BCUT2D eigenvalue weighted by molar-refractivity contribution is 5.39. The molecular formula is C19H25FO3. The minimum atomic E-state index is -0.259. The summed E-state index contributed by atoms with van der Waals surface area (Å²) < 4.78 is 31.0. The molecule has 1 saturated heterocycles. The van der Waals surface area contributed by atoms with E-state index in [1.165, 1.54) is 25.3 Å². The molecular weight excluding hydrogens is 295 g/mol. The van der Waals surface area contributed by atoms with Gasteiger partial charge in [0.05, 0.1) is 19.8 Å². The van der Waals surface area contributed by atoms with E-state index in [-0.39, 0.29) is 11.6 Å². The molecule has 2 aliphatic heterocycles. The van der Waals surface area contributed by atoms with E-state index >= 15 is 0 Å². The highest BCUT2D eigenvalue weighted by atomic mass is 19.1. The summed E-state index contributed by atoms with van der Waals surface area (Å²) in [4.78, 5) is 0. The van der Waals surface area contributed by atoms with Crippen molar-refractivity contribution < 1.29 is 18.6 Å². The van der Waals surface area contributed by atoms with Gasteiger partial charge in [-0.15, -0.1) is 0 Å². The summed E-state index contributed by atoms with van der Waals surface area (Å²) in [5.74, 6) is 1.18. The van der Waals surface area contributed by atoms with Crippen molar-refractivity contribution in [2.45, 2.75) is 56.7 Å². The third-order valence-corrected chi connectivity index (χ3v) is 5.75. The van der Waals surface area contributed by atoms with Crippen LogP contribution in [0.15, 0.2) is 18.2 Å². The van der Waals surface area contributed by atoms with Gasteiger partial charge in [0, 0.05) is 18.4 Å². The summed E-state index contributed by atoms with van der Waals surface area (Å²) in [7, 11) is 0. The zero-order valence-electron chi connectivity index (χ0n) is 13.6. The van der Waals surface area contributed by atoms with Crippen molar-refractivity contribution in [2.75, 3.05) is 19.8 Å². The summed E-state index contributed by atoms with van der Waals surface area (Å²) in [5, 5.41) is 0. The van der Waals surface area contributed by atoms with Crippen molar-refractivity contribution in [2.24, 2.45) is 5.92 Å². The van der Waals surface area contributed by atoms with Gasteiger partial charge in [0.25, 0.3) is 0 Å². The lowest BCUT2D eigenvalue weighted by molar-refractivity contribution is -0.182. The van der Waals surface area contributed by atoms with Crippen LogP contribution in [0.5, 0.6) is 5.75 Å². The number of rotatable bonds is 3. The first-order valence-corrected chi connectivity index (χ1v) is 8.95. The Labute approximate surface area is 137 Å². The van der Waals surface area contributed by atoms with Crippen molar-refractivity contribution >= 4 is 0 Å². The van der Waals surface area contributed by atoms with Crippen LogP contribution in [0.25, 0.3) is 0 Å². The van der Waals surface area contributed by atoms with Gasteiger partial charge in [0.15, 0.2) is 17.4 Å². The first kappa shape index (κ1) is 15.4. The molecule has 1 aromatic carbocycles. The van der Waals surface area contributed by atoms with Crippen LogP contribution in [0, 0.1) is 11.7 Å². The Morgan fingerprint density at radius 1 is 1.00 bits per heavy atom. The van der Waals surface area contributed by atoms with Gasteiger partial charge in [-0.05, 0) is 50.0 Å². The van der Waals surface area contributed by atoms with E-state index in [9.17, 15) is 4.39 Å². The summed E-state index contributed by atoms with van der Waals surface area (Å²) in [5.41, 5.74) is 1.06. The van der Waals surface area contributed by atoms with Crippen LogP contribution in [0.4, 0.5) is 4.39 Å². The molecule has 1 spiro atoms. The number of hydrogen-bond acceptors (Lipinski definition) is 3. The van der Waals surface area contributed by atoms with Crippen molar-refractivity contribution in [1.29, 1.82) is 0 Å². The first-order chi connectivity index (χ1) is 11.3. The lowest BCUT2D eigenvalue weighted by Crippen LogP contribution is -2.35. The molecule has 3 nitrogen and oxygen atoms in total. The number of hydrogen-bond donors (Lipinski definition) is 0. The fraction of sp³-hybridized carbons (Fsp3) is 0.684. The predicted molar refractivity (Wildman–Crippen MR) is 85.1 cm³/mol. The molecule has 1 saturated carbocycles. The summed E-state index contributed by atoms with van der Waals surface area (Å²) >= 11 is 0. The molecule has 23 heavy (non-hydrogen) atoms. The van der Waals surface area contributed by atoms with Crippen LogP contribution in [0.2, 0.25) is 0 Å². The Morgan fingerprint density at radius 2 is 1.78 bits per heavy atom. The van der Waals surface area contributed by atoms with Crippen molar-refractivity contribution in [3.05, 3.63) is 29.6 Å². The van der Waals surface area contributed by atoms with Gasteiger partial charge in [-0.1, -0.05) is 12.1 Å². The second kappa shape index (κ2) is 6.40. The van der Waals surface area contributed by atoms with E-state index in [1.54, 1.807) is 6.07 Å². The van der Waals surface area contributed by atoms with Crippen LogP contribution >= 0.6 is 0 Å². The Hall–Kier alpha value is -1.13. The van der Waals surface area contributed by atoms with E-state index < -0.39 is 0 Å². The van der Waals surface area contributed by atoms with Gasteiger partial charge in [-0.25, -0.2) is 4.39 Å². The molecule has 1 aliphatic carbocycles. The number of fused-ring (bicyclic) bond motifs is 1. The topological polar surface area (TPSA) is 27.7 Å². The number of ether oxygens (including phenoxy) is 3. The third kappa shape index (κ3) is 3.11. The molecule has 1 atom stereocenters. The highest BCUT2D eigenvalue weighted by Crippen LogP contribution is 2.43. The molecule has 2 fully saturated rings. The van der Waals surface area contributed by atoms with Gasteiger partial charge in [-0.3, -0.25) is 0 Å². The first-order valence-electron chi connectivity index (χ1n) is 8.95. The normalized spacial score (nSPS) is 26.9. The van der Waals surface area contributed by atoms with Crippen molar-refractivity contribution in [3.63, 3.8) is 0 Å². The Balaban J connectivity index is 1.33. The molecule has 1 aromatic rings. The van der Waals surface area contributed by atoms with Gasteiger partial charge >= 0.3 is 0 Å². The maximum Gasteiger partial charge on any atom is 0.168 e. The number of para-hydroxylation sites is 1. The van der Waals surface area contributed by atoms with Crippen LogP contribution in [-0.4, -0.2) is 25.6 Å². The van der Waals surface area contributed by atoms with Gasteiger partial charge in [-0.2, -0.15) is 0 Å². The molecule has 0 aromatic heterocycles. The number of benzene rings is 1. The Kier molecular flexibility index (Phi) is 4.29. The quantitative estimate of drug-likeness (QED) is 0.826. The average molecular weight is 320 g/mol. The lowest BCUT2D eigenvalue weighted by Gasteiger charge is -2.36. The molecule has 4 heteroatoms. The second-order valence-corrected chi connectivity index (χ2v) is 7.12. The van der Waals surface area contributed by atoms with Gasteiger partial charge in [0.2, 0.25) is 0 Å². The van der Waals surface area contributed by atoms with E-state index in [0.717, 1.165) is 50.4 Å². The maximum absolute atomic E-state index is 13.9. The lowest BCUT2D eigenvalue weighted by atomic mass is 9.79. The molecule has 1 unspecified atom stereocenters. The molecule has 0 bridgehead atoms. The smallest absolute Gasteiger partial charge is 0.168 e. The molecule has 126 valence electrons. The van der Waals surface area contributed by atoms with Gasteiger partial charge in [0.1, 0.15) is 0 Å². The fourth-order valence-electron chi connectivity index (χ4n) is 4.39. The van der Waals surface area contributed by atoms with Gasteiger partial charge < -0.3 is 14.2 Å². The molecule has 0 radical (unpaired) electrons. The average Bonchev–Trinajstić information content (AvgIpc) is 3.03. The maximum atomic E-state index is 13.9. The molecule has 3 aliphatic rings. The predicted octanol–water partition coefficient (Wildman–Crippen LogP) is 4.41. The van der Waals surface area contributed by atoms with E-state index in [1.807, 2.05) is 6.07 Å².